The number of fused-ring (bicyclic) bond motifs is 2. The lowest BCUT2D eigenvalue weighted by molar-refractivity contribution is -0.145. The van der Waals surface area contributed by atoms with Gasteiger partial charge in [-0.15, -0.1) is 11.3 Å². The molecule has 0 bridgehead atoms. The van der Waals surface area contributed by atoms with Crippen molar-refractivity contribution < 1.29 is 14.3 Å². The molecule has 5 aromatic rings. The summed E-state index contributed by atoms with van der Waals surface area (Å²) < 4.78 is 12.6. The van der Waals surface area contributed by atoms with E-state index < -0.39 is 5.97 Å². The molecule has 164 valence electrons. The number of methoxy groups -OCH3 is 1. The predicted octanol–water partition coefficient (Wildman–Crippen LogP) is 5.03. The van der Waals surface area contributed by atoms with Crippen molar-refractivity contribution in [1.82, 2.24) is 9.55 Å². The molecule has 0 amide bonds. The van der Waals surface area contributed by atoms with Gasteiger partial charge in [-0.25, -0.2) is 4.98 Å². The second kappa shape index (κ2) is 8.88. The zero-order valence-corrected chi connectivity index (χ0v) is 18.7. The van der Waals surface area contributed by atoms with Crippen LogP contribution in [0.4, 0.5) is 0 Å². The minimum absolute atomic E-state index is 0.00577. The van der Waals surface area contributed by atoms with Crippen molar-refractivity contribution in [3.05, 3.63) is 94.1 Å². The zero-order chi connectivity index (χ0) is 22.8. The molecule has 5 rings (SSSR count). The maximum Gasteiger partial charge on any atom is 0.326 e. The average Bonchev–Trinajstić information content (AvgIpc) is 3.34. The maximum atomic E-state index is 12.9. The summed E-state index contributed by atoms with van der Waals surface area (Å²) in [4.78, 5) is 30.2. The van der Waals surface area contributed by atoms with Crippen LogP contribution in [0.25, 0.3) is 32.4 Å². The molecule has 33 heavy (non-hydrogen) atoms. The van der Waals surface area contributed by atoms with E-state index in [-0.39, 0.29) is 18.6 Å². The Balaban J connectivity index is 1.36. The predicted molar refractivity (Wildman–Crippen MR) is 130 cm³/mol. The summed E-state index contributed by atoms with van der Waals surface area (Å²) >= 11 is 1.48. The van der Waals surface area contributed by atoms with Gasteiger partial charge < -0.3 is 14.0 Å². The highest BCUT2D eigenvalue weighted by atomic mass is 32.1. The molecule has 0 N–H and O–H groups in total. The van der Waals surface area contributed by atoms with Crippen molar-refractivity contribution in [3.63, 3.8) is 0 Å². The third kappa shape index (κ3) is 4.10. The van der Waals surface area contributed by atoms with Gasteiger partial charge in [0.15, 0.2) is 5.43 Å². The number of carbonyl (C=O) groups is 1. The van der Waals surface area contributed by atoms with Gasteiger partial charge in [0.25, 0.3) is 0 Å². The third-order valence-corrected chi connectivity index (χ3v) is 6.36. The molecule has 2 heterocycles. The standard InChI is InChI=1S/C26H20N2O4S/c1-31-19-8-6-7-17(13-19)26-27-18(16-33-26)15-32-24(29)14-28-22-11-4-2-9-20(22)25(30)21-10-3-5-12-23(21)28/h2-13,16H,14-15H2,1H3. The van der Waals surface area contributed by atoms with Crippen molar-refractivity contribution in [3.8, 4) is 16.3 Å². The molecule has 7 heteroatoms. The first-order valence-electron chi connectivity index (χ1n) is 10.4. The molecule has 0 aliphatic carbocycles. The number of thiazole rings is 1. The summed E-state index contributed by atoms with van der Waals surface area (Å²) in [6, 6.07) is 22.3. The van der Waals surface area contributed by atoms with E-state index in [1.165, 1.54) is 11.3 Å². The number of para-hydroxylation sites is 2. The smallest absolute Gasteiger partial charge is 0.326 e. The summed E-state index contributed by atoms with van der Waals surface area (Å²) in [5, 5.41) is 3.86. The van der Waals surface area contributed by atoms with Crippen LogP contribution < -0.4 is 10.2 Å². The summed E-state index contributed by atoms with van der Waals surface area (Å²) in [7, 11) is 1.63. The fourth-order valence-corrected chi connectivity index (χ4v) is 4.64. The van der Waals surface area contributed by atoms with Crippen LogP contribution in [0.2, 0.25) is 0 Å². The summed E-state index contributed by atoms with van der Waals surface area (Å²) in [6.07, 6.45) is 0. The van der Waals surface area contributed by atoms with Gasteiger partial charge in [0.2, 0.25) is 0 Å². The van der Waals surface area contributed by atoms with Gasteiger partial charge in [0, 0.05) is 21.7 Å². The normalized spacial score (nSPS) is 11.1. The Morgan fingerprint density at radius 1 is 0.970 bits per heavy atom. The number of hydrogen-bond donors (Lipinski definition) is 0. The van der Waals surface area contributed by atoms with Crippen LogP contribution in [0.15, 0.2) is 83.0 Å². The SMILES string of the molecule is COc1cccc(-c2nc(COC(=O)Cn3c4ccccc4c(=O)c4ccccc43)cs2)c1. The van der Waals surface area contributed by atoms with Gasteiger partial charge in [0.05, 0.1) is 23.8 Å². The number of pyridine rings is 1. The van der Waals surface area contributed by atoms with Crippen molar-refractivity contribution in [2.45, 2.75) is 13.2 Å². The van der Waals surface area contributed by atoms with E-state index in [0.717, 1.165) is 16.3 Å². The van der Waals surface area contributed by atoms with E-state index in [9.17, 15) is 9.59 Å². The van der Waals surface area contributed by atoms with Gasteiger partial charge >= 0.3 is 5.97 Å². The highest BCUT2D eigenvalue weighted by Crippen LogP contribution is 2.27. The first kappa shape index (κ1) is 20.9. The molecule has 0 aliphatic heterocycles. The number of nitrogens with zero attached hydrogens (tertiary/aromatic N) is 2. The molecular formula is C26H20N2O4S. The van der Waals surface area contributed by atoms with Crippen LogP contribution >= 0.6 is 11.3 Å². The summed E-state index contributed by atoms with van der Waals surface area (Å²) in [5.41, 5.74) is 2.99. The Morgan fingerprint density at radius 2 is 1.67 bits per heavy atom. The number of carbonyl (C=O) groups excluding carboxylic acids is 1. The van der Waals surface area contributed by atoms with Gasteiger partial charge in [0.1, 0.15) is 23.9 Å². The van der Waals surface area contributed by atoms with Crippen LogP contribution in [-0.4, -0.2) is 22.6 Å². The molecule has 0 spiro atoms. The van der Waals surface area contributed by atoms with Crippen molar-refractivity contribution in [2.24, 2.45) is 0 Å². The minimum atomic E-state index is -0.398. The Bertz CT molecular complexity index is 1480. The van der Waals surface area contributed by atoms with E-state index in [0.29, 0.717) is 27.5 Å². The lowest BCUT2D eigenvalue weighted by atomic mass is 10.1. The lowest BCUT2D eigenvalue weighted by Gasteiger charge is -2.14. The second-order valence-electron chi connectivity index (χ2n) is 7.49. The lowest BCUT2D eigenvalue weighted by Crippen LogP contribution is -2.18. The highest BCUT2D eigenvalue weighted by molar-refractivity contribution is 7.13. The first-order valence-corrected chi connectivity index (χ1v) is 11.3. The number of ether oxygens (including phenoxy) is 2. The Hall–Kier alpha value is -3.97. The van der Waals surface area contributed by atoms with Gasteiger partial charge in [-0.05, 0) is 36.4 Å². The van der Waals surface area contributed by atoms with Crippen LogP contribution in [0.3, 0.4) is 0 Å². The Labute approximate surface area is 193 Å². The van der Waals surface area contributed by atoms with Crippen LogP contribution in [0.1, 0.15) is 5.69 Å². The average molecular weight is 457 g/mol. The monoisotopic (exact) mass is 456 g/mol. The molecule has 0 aliphatic rings. The van der Waals surface area contributed by atoms with Crippen LogP contribution in [0, 0.1) is 0 Å². The van der Waals surface area contributed by atoms with Crippen molar-refractivity contribution >= 4 is 39.1 Å². The number of rotatable bonds is 6. The van der Waals surface area contributed by atoms with E-state index in [1.54, 1.807) is 19.2 Å². The molecule has 0 saturated heterocycles. The van der Waals surface area contributed by atoms with E-state index in [2.05, 4.69) is 4.98 Å². The molecule has 3 aromatic carbocycles. The molecule has 0 fully saturated rings. The number of hydrogen-bond acceptors (Lipinski definition) is 6. The van der Waals surface area contributed by atoms with Crippen LogP contribution in [0.5, 0.6) is 5.75 Å². The van der Waals surface area contributed by atoms with Crippen LogP contribution in [-0.2, 0) is 22.7 Å². The molecule has 6 nitrogen and oxygen atoms in total. The largest absolute Gasteiger partial charge is 0.497 e. The molecule has 0 saturated carbocycles. The van der Waals surface area contributed by atoms with Gasteiger partial charge in [-0.2, -0.15) is 0 Å². The molecular weight excluding hydrogens is 436 g/mol. The fraction of sp³-hybridized carbons (Fsp3) is 0.115. The molecule has 0 radical (unpaired) electrons. The molecule has 2 aromatic heterocycles. The van der Waals surface area contributed by atoms with E-state index in [4.69, 9.17) is 9.47 Å². The summed E-state index contributed by atoms with van der Waals surface area (Å²) in [5.74, 6) is 0.362. The quantitative estimate of drug-likeness (QED) is 0.265. The fourth-order valence-electron chi connectivity index (χ4n) is 3.84. The number of aromatic nitrogens is 2. The number of benzene rings is 3. The zero-order valence-electron chi connectivity index (χ0n) is 17.9. The van der Waals surface area contributed by atoms with Crippen molar-refractivity contribution in [1.29, 1.82) is 0 Å². The van der Waals surface area contributed by atoms with Gasteiger partial charge in [-0.1, -0.05) is 36.4 Å². The Kier molecular flexibility index (Phi) is 5.62. The maximum absolute atomic E-state index is 12.9. The minimum Gasteiger partial charge on any atom is -0.497 e. The Morgan fingerprint density at radius 3 is 2.36 bits per heavy atom. The van der Waals surface area contributed by atoms with Gasteiger partial charge in [-0.3, -0.25) is 9.59 Å². The highest BCUT2D eigenvalue weighted by Gasteiger charge is 2.14. The van der Waals surface area contributed by atoms with Crippen molar-refractivity contribution in [2.75, 3.05) is 7.11 Å². The van der Waals surface area contributed by atoms with E-state index in [1.807, 2.05) is 70.6 Å². The molecule has 0 unspecified atom stereocenters. The third-order valence-electron chi connectivity index (χ3n) is 5.42. The molecule has 0 atom stereocenters. The first-order chi connectivity index (χ1) is 16.1. The summed E-state index contributed by atoms with van der Waals surface area (Å²) in [6.45, 7) is 0.0730. The second-order valence-corrected chi connectivity index (χ2v) is 8.34. The number of esters is 1. The van der Waals surface area contributed by atoms with E-state index >= 15 is 0 Å². The topological polar surface area (TPSA) is 70.4 Å².